The molecule has 3 heterocycles. The first kappa shape index (κ1) is 18.3. The Kier molecular flexibility index (Phi) is 5.49. The van der Waals surface area contributed by atoms with Crippen molar-refractivity contribution in [1.82, 2.24) is 24.6 Å². The van der Waals surface area contributed by atoms with Gasteiger partial charge in [-0.2, -0.15) is 0 Å². The Labute approximate surface area is 153 Å². The molecule has 0 saturated carbocycles. The third kappa shape index (κ3) is 3.84. The van der Waals surface area contributed by atoms with Crippen LogP contribution in [0.5, 0.6) is 0 Å². The summed E-state index contributed by atoms with van der Waals surface area (Å²) in [4.78, 5) is 47.2. The number of rotatable bonds is 2. The zero-order valence-corrected chi connectivity index (χ0v) is 15.5. The summed E-state index contributed by atoms with van der Waals surface area (Å²) in [6.45, 7) is 3.36. The van der Waals surface area contributed by atoms with Crippen molar-refractivity contribution in [3.05, 3.63) is 24.0 Å². The summed E-state index contributed by atoms with van der Waals surface area (Å²) in [6.07, 6.45) is 3.40. The number of carbonyl (C=O) groups excluding carboxylic acids is 3. The van der Waals surface area contributed by atoms with Crippen molar-refractivity contribution in [2.45, 2.75) is 12.8 Å². The van der Waals surface area contributed by atoms with Crippen LogP contribution in [0.4, 0.5) is 4.79 Å². The van der Waals surface area contributed by atoms with Crippen LogP contribution >= 0.6 is 0 Å². The van der Waals surface area contributed by atoms with Crippen LogP contribution in [0.1, 0.15) is 23.3 Å². The third-order valence-corrected chi connectivity index (χ3v) is 5.13. The molecule has 3 rings (SSSR count). The Morgan fingerprint density at radius 2 is 1.73 bits per heavy atom. The van der Waals surface area contributed by atoms with Gasteiger partial charge in [0.2, 0.25) is 5.91 Å². The SMILES string of the molecule is CN(C)C(=O)N1CCC[C@@H](C(=O)N2CCN(C(=O)c3ccc[nH]3)CC2)C1. The highest BCUT2D eigenvalue weighted by atomic mass is 16.2. The Hall–Kier alpha value is -2.51. The number of hydrogen-bond acceptors (Lipinski definition) is 3. The molecular formula is C18H27N5O3. The minimum absolute atomic E-state index is 0.0254. The largest absolute Gasteiger partial charge is 0.357 e. The molecular weight excluding hydrogens is 334 g/mol. The summed E-state index contributed by atoms with van der Waals surface area (Å²) >= 11 is 0. The summed E-state index contributed by atoms with van der Waals surface area (Å²) in [5.74, 6) is -0.0611. The maximum atomic E-state index is 12.9. The predicted molar refractivity (Wildman–Crippen MR) is 96.7 cm³/mol. The van der Waals surface area contributed by atoms with Crippen molar-refractivity contribution in [2.24, 2.45) is 5.92 Å². The van der Waals surface area contributed by atoms with Crippen molar-refractivity contribution in [3.8, 4) is 0 Å². The van der Waals surface area contributed by atoms with E-state index in [2.05, 4.69) is 4.98 Å². The monoisotopic (exact) mass is 361 g/mol. The van der Waals surface area contributed by atoms with E-state index in [0.29, 0.717) is 45.0 Å². The average molecular weight is 361 g/mol. The fourth-order valence-corrected chi connectivity index (χ4v) is 3.66. The first-order chi connectivity index (χ1) is 12.5. The molecule has 1 atom stereocenters. The number of H-pyrrole nitrogens is 1. The number of hydrogen-bond donors (Lipinski definition) is 1. The normalized spacial score (nSPS) is 20.8. The van der Waals surface area contributed by atoms with Crippen LogP contribution in [0.2, 0.25) is 0 Å². The van der Waals surface area contributed by atoms with E-state index in [1.54, 1.807) is 47.1 Å². The number of amides is 4. The first-order valence-corrected chi connectivity index (χ1v) is 9.15. The second-order valence-corrected chi connectivity index (χ2v) is 7.16. The van der Waals surface area contributed by atoms with E-state index in [4.69, 9.17) is 0 Å². The number of urea groups is 1. The molecule has 1 aromatic rings. The van der Waals surface area contributed by atoms with Gasteiger partial charge in [0.1, 0.15) is 5.69 Å². The summed E-state index contributed by atoms with van der Waals surface area (Å²) in [5, 5.41) is 0. The zero-order valence-electron chi connectivity index (χ0n) is 15.5. The van der Waals surface area contributed by atoms with Crippen LogP contribution in [0.3, 0.4) is 0 Å². The summed E-state index contributed by atoms with van der Waals surface area (Å²) in [6, 6.07) is 3.53. The van der Waals surface area contributed by atoms with Gasteiger partial charge < -0.3 is 24.6 Å². The van der Waals surface area contributed by atoms with Gasteiger partial charge in [0, 0.05) is 59.6 Å². The molecule has 1 aromatic heterocycles. The van der Waals surface area contributed by atoms with E-state index < -0.39 is 0 Å². The molecule has 4 amide bonds. The number of likely N-dealkylation sites (tertiary alicyclic amines) is 1. The highest BCUT2D eigenvalue weighted by Gasteiger charge is 2.33. The van der Waals surface area contributed by atoms with E-state index in [0.717, 1.165) is 12.8 Å². The van der Waals surface area contributed by atoms with Crippen molar-refractivity contribution < 1.29 is 14.4 Å². The van der Waals surface area contributed by atoms with Gasteiger partial charge in [-0.15, -0.1) is 0 Å². The molecule has 1 N–H and O–H groups in total. The molecule has 0 aromatic carbocycles. The van der Waals surface area contributed by atoms with Gasteiger partial charge in [-0.25, -0.2) is 4.79 Å². The average Bonchev–Trinajstić information content (AvgIpc) is 3.21. The van der Waals surface area contributed by atoms with Crippen LogP contribution in [0.25, 0.3) is 0 Å². The lowest BCUT2D eigenvalue weighted by atomic mass is 9.96. The zero-order chi connectivity index (χ0) is 18.7. The van der Waals surface area contributed by atoms with Crippen LogP contribution in [-0.4, -0.2) is 95.8 Å². The molecule has 26 heavy (non-hydrogen) atoms. The molecule has 0 unspecified atom stereocenters. The Balaban J connectivity index is 1.53. The van der Waals surface area contributed by atoms with E-state index in [-0.39, 0.29) is 23.8 Å². The van der Waals surface area contributed by atoms with E-state index >= 15 is 0 Å². The van der Waals surface area contributed by atoms with Crippen molar-refractivity contribution in [2.75, 3.05) is 53.4 Å². The first-order valence-electron chi connectivity index (χ1n) is 9.15. The summed E-state index contributed by atoms with van der Waals surface area (Å²) in [5.41, 5.74) is 0.579. The number of nitrogens with one attached hydrogen (secondary N) is 1. The molecule has 142 valence electrons. The van der Waals surface area contributed by atoms with Gasteiger partial charge in [-0.05, 0) is 25.0 Å². The fraction of sp³-hybridized carbons (Fsp3) is 0.611. The second-order valence-electron chi connectivity index (χ2n) is 7.16. The number of aromatic amines is 1. The minimum Gasteiger partial charge on any atom is -0.357 e. The van der Waals surface area contributed by atoms with Gasteiger partial charge in [0.15, 0.2) is 0 Å². The number of piperidine rings is 1. The van der Waals surface area contributed by atoms with Crippen LogP contribution < -0.4 is 0 Å². The quantitative estimate of drug-likeness (QED) is 0.842. The van der Waals surface area contributed by atoms with Crippen molar-refractivity contribution in [1.29, 1.82) is 0 Å². The second kappa shape index (κ2) is 7.80. The topological polar surface area (TPSA) is 80.0 Å². The molecule has 2 aliphatic rings. The molecule has 2 saturated heterocycles. The van der Waals surface area contributed by atoms with Gasteiger partial charge in [-0.3, -0.25) is 9.59 Å². The maximum Gasteiger partial charge on any atom is 0.319 e. The molecule has 0 bridgehead atoms. The van der Waals surface area contributed by atoms with Crippen LogP contribution in [0, 0.1) is 5.92 Å². The molecule has 0 radical (unpaired) electrons. The van der Waals surface area contributed by atoms with Crippen LogP contribution in [0.15, 0.2) is 18.3 Å². The summed E-state index contributed by atoms with van der Waals surface area (Å²) < 4.78 is 0. The predicted octanol–water partition coefficient (Wildman–Crippen LogP) is 0.693. The highest BCUT2D eigenvalue weighted by Crippen LogP contribution is 2.21. The standard InChI is InChI=1S/C18H27N5O3/c1-20(2)18(26)23-8-4-5-14(13-23)16(24)21-9-11-22(12-10-21)17(25)15-6-3-7-19-15/h3,6-7,14,19H,4-5,8-13H2,1-2H3/t14-/m1/s1. The minimum atomic E-state index is -0.140. The molecule has 0 spiro atoms. The molecule has 8 heteroatoms. The molecule has 2 fully saturated rings. The number of nitrogens with zero attached hydrogens (tertiary/aromatic N) is 4. The van der Waals surface area contributed by atoms with E-state index in [1.165, 1.54) is 0 Å². The van der Waals surface area contributed by atoms with Crippen molar-refractivity contribution >= 4 is 17.8 Å². The summed E-state index contributed by atoms with van der Waals surface area (Å²) in [7, 11) is 3.46. The lowest BCUT2D eigenvalue weighted by Gasteiger charge is -2.39. The number of carbonyl (C=O) groups is 3. The van der Waals surface area contributed by atoms with Gasteiger partial charge in [-0.1, -0.05) is 0 Å². The Bertz CT molecular complexity index is 650. The fourth-order valence-electron chi connectivity index (χ4n) is 3.66. The number of piperazine rings is 1. The van der Waals surface area contributed by atoms with Gasteiger partial charge in [0.25, 0.3) is 5.91 Å². The Morgan fingerprint density at radius 1 is 1.04 bits per heavy atom. The lowest BCUT2D eigenvalue weighted by molar-refractivity contribution is -0.138. The van der Waals surface area contributed by atoms with Crippen molar-refractivity contribution in [3.63, 3.8) is 0 Å². The van der Waals surface area contributed by atoms with E-state index in [9.17, 15) is 14.4 Å². The highest BCUT2D eigenvalue weighted by molar-refractivity contribution is 5.92. The molecule has 8 nitrogen and oxygen atoms in total. The molecule has 0 aliphatic carbocycles. The lowest BCUT2D eigenvalue weighted by Crippen LogP contribution is -2.54. The maximum absolute atomic E-state index is 12.9. The van der Waals surface area contributed by atoms with E-state index in [1.807, 2.05) is 4.90 Å². The third-order valence-electron chi connectivity index (χ3n) is 5.13. The smallest absolute Gasteiger partial charge is 0.319 e. The van der Waals surface area contributed by atoms with Crippen LogP contribution in [-0.2, 0) is 4.79 Å². The molecule has 2 aliphatic heterocycles. The number of aromatic nitrogens is 1. The Morgan fingerprint density at radius 3 is 2.35 bits per heavy atom. The van der Waals surface area contributed by atoms with Gasteiger partial charge in [0.05, 0.1) is 5.92 Å². The van der Waals surface area contributed by atoms with Gasteiger partial charge >= 0.3 is 6.03 Å².